The van der Waals surface area contributed by atoms with Gasteiger partial charge in [0.15, 0.2) is 0 Å². The molecule has 9 heteroatoms. The molecule has 0 atom stereocenters. The third kappa shape index (κ3) is 4.59. The summed E-state index contributed by atoms with van der Waals surface area (Å²) in [5.74, 6) is 0.545. The number of aromatic nitrogens is 2. The molecule has 6 nitrogen and oxygen atoms in total. The van der Waals surface area contributed by atoms with Gasteiger partial charge in [-0.15, -0.1) is 0 Å². The average Bonchev–Trinajstić information content (AvgIpc) is 3.61. The average molecular weight is 564 g/mol. The SMILES string of the molecule is Cn1cc(C(=O)O)c2ccc(N3CCC4(CC3)CC(Cc3c(-c5ccccc5C(F)(F)F)noc3C3CC3)C4)cc21. The van der Waals surface area contributed by atoms with Gasteiger partial charge in [-0.3, -0.25) is 0 Å². The first-order valence-electron chi connectivity index (χ1n) is 14.3. The zero-order chi connectivity index (χ0) is 28.5. The van der Waals surface area contributed by atoms with Crippen LogP contribution in [-0.2, 0) is 19.6 Å². The van der Waals surface area contributed by atoms with Gasteiger partial charge in [-0.05, 0) is 80.5 Å². The molecule has 3 heterocycles. The summed E-state index contributed by atoms with van der Waals surface area (Å²) in [6, 6.07) is 11.7. The summed E-state index contributed by atoms with van der Waals surface area (Å²) in [5.41, 5.74) is 3.28. The van der Waals surface area contributed by atoms with E-state index in [0.29, 0.717) is 23.6 Å². The van der Waals surface area contributed by atoms with Gasteiger partial charge in [-0.2, -0.15) is 13.2 Å². The number of carbonyl (C=O) groups is 1. The normalized spacial score (nSPS) is 19.2. The minimum absolute atomic E-state index is 0.110. The Labute approximate surface area is 235 Å². The second-order valence-electron chi connectivity index (χ2n) is 12.3. The minimum atomic E-state index is -4.45. The van der Waals surface area contributed by atoms with E-state index in [0.717, 1.165) is 85.6 Å². The largest absolute Gasteiger partial charge is 0.478 e. The van der Waals surface area contributed by atoms with Crippen molar-refractivity contribution in [2.45, 2.75) is 57.0 Å². The van der Waals surface area contributed by atoms with Gasteiger partial charge in [0, 0.05) is 54.5 Å². The van der Waals surface area contributed by atoms with E-state index < -0.39 is 17.7 Å². The Bertz CT molecular complexity index is 1630. The first kappa shape index (κ1) is 26.2. The molecule has 0 unspecified atom stereocenters. The van der Waals surface area contributed by atoms with E-state index in [1.165, 1.54) is 12.1 Å². The third-order valence-corrected chi connectivity index (χ3v) is 9.58. The van der Waals surface area contributed by atoms with Crippen LogP contribution in [0.3, 0.4) is 0 Å². The van der Waals surface area contributed by atoms with Crippen LogP contribution in [-0.4, -0.2) is 33.9 Å². The van der Waals surface area contributed by atoms with E-state index in [9.17, 15) is 23.1 Å². The highest BCUT2D eigenvalue weighted by molar-refractivity contribution is 6.04. The van der Waals surface area contributed by atoms with E-state index in [1.807, 2.05) is 23.7 Å². The fourth-order valence-corrected chi connectivity index (χ4v) is 7.32. The summed E-state index contributed by atoms with van der Waals surface area (Å²) in [6.45, 7) is 1.86. The van der Waals surface area contributed by atoms with Crippen LogP contribution in [0.1, 0.15) is 71.7 Å². The summed E-state index contributed by atoms with van der Waals surface area (Å²) in [4.78, 5) is 14.0. The second kappa shape index (κ2) is 9.39. The zero-order valence-electron chi connectivity index (χ0n) is 22.9. The number of fused-ring (bicyclic) bond motifs is 1. The number of nitrogens with zero attached hydrogens (tertiary/aromatic N) is 3. The number of benzene rings is 2. The fraction of sp³-hybridized carbons (Fsp3) is 0.438. The summed E-state index contributed by atoms with van der Waals surface area (Å²) in [6.07, 6.45) is 4.18. The molecule has 41 heavy (non-hydrogen) atoms. The molecule has 1 saturated heterocycles. The predicted molar refractivity (Wildman–Crippen MR) is 149 cm³/mol. The third-order valence-electron chi connectivity index (χ3n) is 9.58. The first-order valence-corrected chi connectivity index (χ1v) is 14.3. The number of anilines is 1. The minimum Gasteiger partial charge on any atom is -0.478 e. The van der Waals surface area contributed by atoms with E-state index in [-0.39, 0.29) is 16.9 Å². The van der Waals surface area contributed by atoms with Crippen molar-refractivity contribution < 1.29 is 27.6 Å². The van der Waals surface area contributed by atoms with Gasteiger partial charge >= 0.3 is 12.1 Å². The van der Waals surface area contributed by atoms with Crippen LogP contribution in [0.5, 0.6) is 0 Å². The molecular weight excluding hydrogens is 531 g/mol. The zero-order valence-corrected chi connectivity index (χ0v) is 22.9. The van der Waals surface area contributed by atoms with Crippen molar-refractivity contribution in [3.8, 4) is 11.3 Å². The maximum absolute atomic E-state index is 13.8. The number of rotatable bonds is 6. The lowest BCUT2D eigenvalue weighted by atomic mass is 9.56. The molecule has 2 aromatic carbocycles. The molecule has 3 fully saturated rings. The van der Waals surface area contributed by atoms with E-state index in [1.54, 1.807) is 12.3 Å². The molecule has 2 aromatic heterocycles. The number of aromatic carboxylic acids is 1. The lowest BCUT2D eigenvalue weighted by Crippen LogP contribution is -2.47. The van der Waals surface area contributed by atoms with Gasteiger partial charge in [0.05, 0.1) is 16.6 Å². The quantitative estimate of drug-likeness (QED) is 0.261. The number of hydrogen-bond donors (Lipinski definition) is 1. The van der Waals surface area contributed by atoms with Crippen molar-refractivity contribution in [3.63, 3.8) is 0 Å². The number of halogens is 3. The maximum atomic E-state index is 13.8. The van der Waals surface area contributed by atoms with Gasteiger partial charge in [0.2, 0.25) is 0 Å². The predicted octanol–water partition coefficient (Wildman–Crippen LogP) is 7.67. The smallest absolute Gasteiger partial charge is 0.417 e. The molecule has 2 saturated carbocycles. The molecule has 0 radical (unpaired) electrons. The standard InChI is InChI=1S/C32H32F3N3O3/c1-37-18-25(30(39)40)22-9-8-21(15-27(22)37)38-12-10-31(11-13-38)16-19(17-31)14-24-28(36-41-29(24)20-6-7-20)23-4-2-3-5-26(23)32(33,34)35/h2-5,8-9,15,18-20H,6-7,10-14,16-17H2,1H3,(H,39,40). The summed E-state index contributed by atoms with van der Waals surface area (Å²) >= 11 is 0. The monoisotopic (exact) mass is 563 g/mol. The Morgan fingerprint density at radius 1 is 1.12 bits per heavy atom. The van der Waals surface area contributed by atoms with Crippen LogP contribution in [0, 0.1) is 11.3 Å². The molecule has 7 rings (SSSR count). The van der Waals surface area contributed by atoms with Crippen molar-refractivity contribution in [1.82, 2.24) is 9.72 Å². The van der Waals surface area contributed by atoms with Crippen molar-refractivity contribution >= 4 is 22.6 Å². The van der Waals surface area contributed by atoms with Crippen LogP contribution in [0.25, 0.3) is 22.2 Å². The molecule has 1 spiro atoms. The Balaban J connectivity index is 1.05. The number of piperidine rings is 1. The van der Waals surface area contributed by atoms with Crippen LogP contribution in [0.4, 0.5) is 18.9 Å². The van der Waals surface area contributed by atoms with Crippen molar-refractivity contribution in [2.75, 3.05) is 18.0 Å². The van der Waals surface area contributed by atoms with Crippen LogP contribution >= 0.6 is 0 Å². The van der Waals surface area contributed by atoms with Gasteiger partial charge in [-0.1, -0.05) is 23.4 Å². The summed E-state index contributed by atoms with van der Waals surface area (Å²) in [7, 11) is 1.87. The van der Waals surface area contributed by atoms with Gasteiger partial charge in [-0.25, -0.2) is 4.79 Å². The highest BCUT2D eigenvalue weighted by Gasteiger charge is 2.47. The van der Waals surface area contributed by atoms with E-state index >= 15 is 0 Å². The van der Waals surface area contributed by atoms with Crippen molar-refractivity contribution in [3.05, 3.63) is 71.1 Å². The van der Waals surface area contributed by atoms with Crippen LogP contribution in [0.15, 0.2) is 53.2 Å². The molecule has 3 aliphatic rings. The lowest BCUT2D eigenvalue weighted by molar-refractivity contribution is -0.137. The van der Waals surface area contributed by atoms with E-state index in [2.05, 4.69) is 16.1 Å². The Morgan fingerprint density at radius 3 is 2.54 bits per heavy atom. The molecular formula is C32H32F3N3O3. The number of aryl methyl sites for hydroxylation is 1. The lowest BCUT2D eigenvalue weighted by Gasteiger charge is -2.53. The van der Waals surface area contributed by atoms with Gasteiger partial charge in [0.1, 0.15) is 11.5 Å². The van der Waals surface area contributed by atoms with Crippen molar-refractivity contribution in [1.29, 1.82) is 0 Å². The Kier molecular flexibility index (Phi) is 5.99. The number of carboxylic acid groups (broad SMARTS) is 1. The molecule has 1 aliphatic heterocycles. The first-order chi connectivity index (χ1) is 19.6. The fourth-order valence-electron chi connectivity index (χ4n) is 7.32. The number of alkyl halides is 3. The molecule has 214 valence electrons. The number of hydrogen-bond acceptors (Lipinski definition) is 4. The number of carboxylic acids is 1. The molecule has 2 aliphatic carbocycles. The van der Waals surface area contributed by atoms with E-state index in [4.69, 9.17) is 4.52 Å². The Morgan fingerprint density at radius 2 is 1.85 bits per heavy atom. The summed E-state index contributed by atoms with van der Waals surface area (Å²) < 4.78 is 49.0. The highest BCUT2D eigenvalue weighted by Crippen LogP contribution is 2.55. The van der Waals surface area contributed by atoms with Gasteiger partial charge in [0.25, 0.3) is 0 Å². The molecule has 0 bridgehead atoms. The molecule has 1 N–H and O–H groups in total. The Hall–Kier alpha value is -3.75. The van der Waals surface area contributed by atoms with Crippen LogP contribution < -0.4 is 4.90 Å². The van der Waals surface area contributed by atoms with Crippen molar-refractivity contribution in [2.24, 2.45) is 18.4 Å². The summed E-state index contributed by atoms with van der Waals surface area (Å²) in [5, 5.41) is 14.4. The molecule has 4 aromatic rings. The highest BCUT2D eigenvalue weighted by atomic mass is 19.4. The maximum Gasteiger partial charge on any atom is 0.417 e. The second-order valence-corrected chi connectivity index (χ2v) is 12.3. The van der Waals surface area contributed by atoms with Crippen LogP contribution in [0.2, 0.25) is 0 Å². The topological polar surface area (TPSA) is 71.5 Å². The van der Waals surface area contributed by atoms with Gasteiger partial charge < -0.3 is 19.1 Å². The molecule has 0 amide bonds.